The van der Waals surface area contributed by atoms with Crippen LogP contribution in [0.3, 0.4) is 0 Å². The van der Waals surface area contributed by atoms with Crippen molar-refractivity contribution >= 4 is 50.3 Å². The molecule has 0 saturated heterocycles. The van der Waals surface area contributed by atoms with Crippen molar-refractivity contribution < 1.29 is 0 Å². The number of nitrogen functional groups attached to an aromatic ring is 1. The van der Waals surface area contributed by atoms with E-state index in [1.54, 1.807) is 22.7 Å². The quantitative estimate of drug-likeness (QED) is 0.305. The highest BCUT2D eigenvalue weighted by molar-refractivity contribution is 8.01. The Hall–Kier alpha value is -1.90. The van der Waals surface area contributed by atoms with E-state index in [1.807, 2.05) is 38.9 Å². The highest BCUT2D eigenvalue weighted by Gasteiger charge is 2.20. The van der Waals surface area contributed by atoms with E-state index >= 15 is 0 Å². The van der Waals surface area contributed by atoms with Gasteiger partial charge in [-0.05, 0) is 32.1 Å². The van der Waals surface area contributed by atoms with Crippen LogP contribution in [0.4, 0.5) is 5.69 Å². The number of rotatable bonds is 6. The van der Waals surface area contributed by atoms with Gasteiger partial charge < -0.3 is 10.3 Å². The van der Waals surface area contributed by atoms with E-state index < -0.39 is 0 Å². The third-order valence-electron chi connectivity index (χ3n) is 4.73. The van der Waals surface area contributed by atoms with Crippen molar-refractivity contribution in [3.63, 3.8) is 0 Å². The van der Waals surface area contributed by atoms with Gasteiger partial charge in [-0.15, -0.1) is 34.4 Å². The number of hydrogen-bond acceptors (Lipinski definition) is 7. The second-order valence-electron chi connectivity index (χ2n) is 6.78. The zero-order valence-corrected chi connectivity index (χ0v) is 18.9. The number of pyridine rings is 1. The lowest BCUT2D eigenvalue weighted by atomic mass is 10.1. The van der Waals surface area contributed by atoms with Gasteiger partial charge in [-0.3, -0.25) is 0 Å². The van der Waals surface area contributed by atoms with Crippen LogP contribution in [-0.4, -0.2) is 25.3 Å². The average Bonchev–Trinajstić information content (AvgIpc) is 3.34. The first-order valence-electron chi connectivity index (χ1n) is 9.26. The largest absolute Gasteiger partial charge is 0.397 e. The predicted molar refractivity (Wildman–Crippen MR) is 122 cm³/mol. The molecule has 0 radical (unpaired) electrons. The molecule has 5 nitrogen and oxygen atoms in total. The fraction of sp³-hybridized carbons (Fsp3) is 0.350. The molecule has 0 aliphatic carbocycles. The summed E-state index contributed by atoms with van der Waals surface area (Å²) in [5, 5.41) is 4.03. The molecule has 4 rings (SSSR count). The number of hydrogen-bond donors (Lipinski definition) is 1. The Labute approximate surface area is 177 Å². The Balaban J connectivity index is 1.93. The first-order valence-corrected chi connectivity index (χ1v) is 11.9. The van der Waals surface area contributed by atoms with Crippen LogP contribution in [-0.2, 0) is 7.05 Å². The number of nitrogens with zero attached hydrogens (tertiary/aromatic N) is 4. The van der Waals surface area contributed by atoms with E-state index in [9.17, 15) is 0 Å². The molecule has 0 aliphatic heterocycles. The molecule has 0 saturated carbocycles. The monoisotopic (exact) mass is 429 g/mol. The van der Waals surface area contributed by atoms with Crippen LogP contribution in [0.1, 0.15) is 31.3 Å². The van der Waals surface area contributed by atoms with Crippen LogP contribution in [0, 0.1) is 13.8 Å². The van der Waals surface area contributed by atoms with Crippen molar-refractivity contribution in [2.24, 2.45) is 7.05 Å². The fourth-order valence-corrected chi connectivity index (χ4v) is 6.26. The van der Waals surface area contributed by atoms with Crippen molar-refractivity contribution in [1.82, 2.24) is 19.5 Å². The van der Waals surface area contributed by atoms with Gasteiger partial charge in [-0.1, -0.05) is 13.3 Å². The summed E-state index contributed by atoms with van der Waals surface area (Å²) < 4.78 is 3.26. The molecule has 4 heterocycles. The molecule has 0 spiro atoms. The molecule has 2 N–H and O–H groups in total. The van der Waals surface area contributed by atoms with Crippen LogP contribution < -0.4 is 5.73 Å². The SMILES string of the molecule is CCCCSc1sc2nc(-c3nc(C)cs3)cc(-c3cnc(C)n3C)c2c1N. The Morgan fingerprint density at radius 1 is 1.25 bits per heavy atom. The molecule has 28 heavy (non-hydrogen) atoms. The molecule has 0 aromatic carbocycles. The molecule has 0 fully saturated rings. The maximum atomic E-state index is 6.62. The lowest BCUT2D eigenvalue weighted by molar-refractivity contribution is 0.865. The molecular formula is C20H23N5S3. The van der Waals surface area contributed by atoms with Crippen molar-refractivity contribution in [3.8, 4) is 22.0 Å². The van der Waals surface area contributed by atoms with E-state index in [0.717, 1.165) is 59.3 Å². The van der Waals surface area contributed by atoms with Crippen molar-refractivity contribution in [2.45, 2.75) is 37.8 Å². The van der Waals surface area contributed by atoms with Crippen molar-refractivity contribution in [3.05, 3.63) is 29.2 Å². The minimum atomic E-state index is 0.837. The maximum Gasteiger partial charge on any atom is 0.142 e. The standard InChI is InChI=1S/C20H23N5S3/c1-5-6-7-26-20-17(21)16-13(15-9-22-12(3)25(15)4)8-14(24-19(16)28-20)18-23-11(2)10-27-18/h8-10H,5-7,21H2,1-4H3. The van der Waals surface area contributed by atoms with Crippen molar-refractivity contribution in [2.75, 3.05) is 11.5 Å². The van der Waals surface area contributed by atoms with Gasteiger partial charge in [-0.2, -0.15) is 0 Å². The predicted octanol–water partition coefficient (Wildman–Crippen LogP) is 5.91. The summed E-state index contributed by atoms with van der Waals surface area (Å²) in [6.07, 6.45) is 4.29. The Morgan fingerprint density at radius 2 is 2.07 bits per heavy atom. The summed E-state index contributed by atoms with van der Waals surface area (Å²) in [5.74, 6) is 2.05. The Morgan fingerprint density at radius 3 is 2.71 bits per heavy atom. The Bertz CT molecular complexity index is 1140. The summed E-state index contributed by atoms with van der Waals surface area (Å²) in [5.41, 5.74) is 11.5. The zero-order chi connectivity index (χ0) is 19.8. The third kappa shape index (κ3) is 3.44. The number of fused-ring (bicyclic) bond motifs is 1. The molecule has 0 amide bonds. The third-order valence-corrected chi connectivity index (χ3v) is 8.19. The number of thiophene rings is 1. The molecule has 0 atom stereocenters. The van der Waals surface area contributed by atoms with E-state index in [-0.39, 0.29) is 0 Å². The zero-order valence-electron chi connectivity index (χ0n) is 16.4. The molecule has 4 aromatic heterocycles. The van der Waals surface area contributed by atoms with E-state index in [2.05, 4.69) is 32.9 Å². The molecule has 8 heteroatoms. The van der Waals surface area contributed by atoms with Crippen LogP contribution >= 0.6 is 34.4 Å². The highest BCUT2D eigenvalue weighted by Crippen LogP contribution is 2.45. The first-order chi connectivity index (χ1) is 13.5. The number of nitrogens with two attached hydrogens (primary N) is 1. The topological polar surface area (TPSA) is 69.6 Å². The minimum absolute atomic E-state index is 0.837. The lowest BCUT2D eigenvalue weighted by Gasteiger charge is -2.08. The van der Waals surface area contributed by atoms with Gasteiger partial charge in [0.1, 0.15) is 21.4 Å². The molecule has 4 aromatic rings. The number of aromatic nitrogens is 4. The summed E-state index contributed by atoms with van der Waals surface area (Å²) >= 11 is 5.14. The number of thiazole rings is 1. The van der Waals surface area contributed by atoms with E-state index in [4.69, 9.17) is 10.7 Å². The van der Waals surface area contributed by atoms with E-state index in [1.165, 1.54) is 12.8 Å². The smallest absolute Gasteiger partial charge is 0.142 e. The number of anilines is 1. The van der Waals surface area contributed by atoms with Gasteiger partial charge in [-0.25, -0.2) is 15.0 Å². The lowest BCUT2D eigenvalue weighted by Crippen LogP contribution is -1.97. The molecule has 0 aliphatic rings. The summed E-state index contributed by atoms with van der Waals surface area (Å²) in [4.78, 5) is 15.0. The molecule has 146 valence electrons. The van der Waals surface area contributed by atoms with Gasteiger partial charge in [0.25, 0.3) is 0 Å². The van der Waals surface area contributed by atoms with Gasteiger partial charge in [0.2, 0.25) is 0 Å². The van der Waals surface area contributed by atoms with Crippen LogP contribution in [0.25, 0.3) is 32.2 Å². The molecule has 0 bridgehead atoms. The first kappa shape index (κ1) is 19.4. The highest BCUT2D eigenvalue weighted by atomic mass is 32.2. The summed E-state index contributed by atoms with van der Waals surface area (Å²) in [7, 11) is 2.04. The van der Waals surface area contributed by atoms with Gasteiger partial charge in [0.05, 0.1) is 21.8 Å². The van der Waals surface area contributed by atoms with Crippen molar-refractivity contribution in [1.29, 1.82) is 0 Å². The van der Waals surface area contributed by atoms with Crippen LogP contribution in [0.5, 0.6) is 0 Å². The number of aryl methyl sites for hydroxylation is 2. The normalized spacial score (nSPS) is 11.6. The number of unbranched alkanes of at least 4 members (excludes halogenated alkanes) is 1. The minimum Gasteiger partial charge on any atom is -0.397 e. The van der Waals surface area contributed by atoms with Crippen LogP contribution in [0.2, 0.25) is 0 Å². The number of thioether (sulfide) groups is 1. The molecule has 0 unspecified atom stereocenters. The van der Waals surface area contributed by atoms with Crippen LogP contribution in [0.15, 0.2) is 21.9 Å². The fourth-order valence-electron chi connectivity index (χ4n) is 3.05. The number of imidazole rings is 1. The average molecular weight is 430 g/mol. The van der Waals surface area contributed by atoms with E-state index in [0.29, 0.717) is 0 Å². The van der Waals surface area contributed by atoms with Gasteiger partial charge >= 0.3 is 0 Å². The van der Waals surface area contributed by atoms with Gasteiger partial charge in [0.15, 0.2) is 0 Å². The second-order valence-corrected chi connectivity index (χ2v) is 10.0. The second kappa shape index (κ2) is 7.85. The van der Waals surface area contributed by atoms with Gasteiger partial charge in [0, 0.05) is 29.1 Å². The maximum absolute atomic E-state index is 6.62. The Kier molecular flexibility index (Phi) is 5.44. The molecular weight excluding hydrogens is 406 g/mol. The summed E-state index contributed by atoms with van der Waals surface area (Å²) in [6, 6.07) is 2.11. The summed E-state index contributed by atoms with van der Waals surface area (Å²) in [6.45, 7) is 6.23.